The van der Waals surface area contributed by atoms with Gasteiger partial charge in [-0.3, -0.25) is 11.3 Å². The predicted molar refractivity (Wildman–Crippen MR) is 82.1 cm³/mol. The molecule has 20 heavy (non-hydrogen) atoms. The Balaban J connectivity index is 2.22. The molecular formula is C15H29N5. The Kier molecular flexibility index (Phi) is 5.18. The van der Waals surface area contributed by atoms with Gasteiger partial charge in [0.15, 0.2) is 0 Å². The van der Waals surface area contributed by atoms with Gasteiger partial charge in [0.2, 0.25) is 0 Å². The third kappa shape index (κ3) is 3.05. The lowest BCUT2D eigenvalue weighted by atomic mass is 9.80. The summed E-state index contributed by atoms with van der Waals surface area (Å²) in [5, 5.41) is 0. The highest BCUT2D eigenvalue weighted by atomic mass is 15.3. The maximum absolute atomic E-state index is 5.93. The summed E-state index contributed by atoms with van der Waals surface area (Å²) in [6.07, 6.45) is 12.4. The molecule has 2 rings (SSSR count). The van der Waals surface area contributed by atoms with Gasteiger partial charge in [0.25, 0.3) is 0 Å². The molecule has 3 N–H and O–H groups in total. The van der Waals surface area contributed by atoms with Gasteiger partial charge in [-0.05, 0) is 26.9 Å². The number of aromatic nitrogens is 2. The zero-order valence-corrected chi connectivity index (χ0v) is 13.1. The van der Waals surface area contributed by atoms with Crippen molar-refractivity contribution in [2.24, 2.45) is 12.9 Å². The number of likely N-dealkylation sites (N-methyl/N-ethyl adjacent to an activating group) is 1. The molecule has 0 spiro atoms. The van der Waals surface area contributed by atoms with Gasteiger partial charge in [-0.15, -0.1) is 0 Å². The molecule has 1 saturated carbocycles. The molecule has 5 heteroatoms. The highest BCUT2D eigenvalue weighted by molar-refractivity contribution is 5.05. The van der Waals surface area contributed by atoms with Crippen LogP contribution in [0.3, 0.4) is 0 Å². The summed E-state index contributed by atoms with van der Waals surface area (Å²) in [4.78, 5) is 6.84. The highest BCUT2D eigenvalue weighted by Crippen LogP contribution is 2.34. The first-order valence-electron chi connectivity index (χ1n) is 7.70. The molecule has 1 heterocycles. The molecule has 0 bridgehead atoms. The van der Waals surface area contributed by atoms with Crippen LogP contribution in [0.2, 0.25) is 0 Å². The molecule has 1 aromatic heterocycles. The standard InChI is InChI=1S/C15H29N5/c1-19(2)15(8-6-4-5-7-9-15)13(18-16)12-14-17-10-11-20(14)3/h10-11,13,18H,4-9,12,16H2,1-3H3. The summed E-state index contributed by atoms with van der Waals surface area (Å²) in [5.74, 6) is 7.03. The first kappa shape index (κ1) is 15.5. The summed E-state index contributed by atoms with van der Waals surface area (Å²) in [6.45, 7) is 0. The second-order valence-electron chi connectivity index (χ2n) is 6.29. The Bertz CT molecular complexity index is 404. The quantitative estimate of drug-likeness (QED) is 0.486. The van der Waals surface area contributed by atoms with Crippen molar-refractivity contribution >= 4 is 0 Å². The molecule has 0 saturated heterocycles. The lowest BCUT2D eigenvalue weighted by molar-refractivity contribution is 0.0790. The van der Waals surface area contributed by atoms with E-state index >= 15 is 0 Å². The van der Waals surface area contributed by atoms with E-state index in [9.17, 15) is 0 Å². The van der Waals surface area contributed by atoms with Crippen LogP contribution in [0.25, 0.3) is 0 Å². The number of hydrogen-bond donors (Lipinski definition) is 2. The highest BCUT2D eigenvalue weighted by Gasteiger charge is 2.40. The number of aryl methyl sites for hydroxylation is 1. The topological polar surface area (TPSA) is 59.1 Å². The number of nitrogens with two attached hydrogens (primary N) is 1. The summed E-state index contributed by atoms with van der Waals surface area (Å²) in [5.41, 5.74) is 3.23. The summed E-state index contributed by atoms with van der Waals surface area (Å²) in [7, 11) is 6.42. The van der Waals surface area contributed by atoms with Gasteiger partial charge in [-0.25, -0.2) is 4.98 Å². The minimum Gasteiger partial charge on any atom is -0.338 e. The average Bonchev–Trinajstić information content (AvgIpc) is 2.68. The Morgan fingerprint density at radius 1 is 1.35 bits per heavy atom. The van der Waals surface area contributed by atoms with Crippen LogP contribution in [-0.2, 0) is 13.5 Å². The molecule has 114 valence electrons. The molecule has 1 aromatic rings. The van der Waals surface area contributed by atoms with Crippen LogP contribution in [0, 0.1) is 0 Å². The van der Waals surface area contributed by atoms with Gasteiger partial charge in [-0.2, -0.15) is 0 Å². The first-order valence-corrected chi connectivity index (χ1v) is 7.70. The van der Waals surface area contributed by atoms with Crippen LogP contribution < -0.4 is 11.3 Å². The normalized spacial score (nSPS) is 20.9. The number of imidazole rings is 1. The van der Waals surface area contributed by atoms with Gasteiger partial charge in [0.1, 0.15) is 5.82 Å². The van der Waals surface area contributed by atoms with E-state index in [0.717, 1.165) is 12.2 Å². The monoisotopic (exact) mass is 279 g/mol. The van der Waals surface area contributed by atoms with E-state index in [1.165, 1.54) is 38.5 Å². The first-order chi connectivity index (χ1) is 9.60. The number of hydrogen-bond acceptors (Lipinski definition) is 4. The molecule has 0 aromatic carbocycles. The van der Waals surface area contributed by atoms with Gasteiger partial charge in [0.05, 0.1) is 0 Å². The molecule has 1 fully saturated rings. The second-order valence-corrected chi connectivity index (χ2v) is 6.29. The van der Waals surface area contributed by atoms with Gasteiger partial charge < -0.3 is 9.47 Å². The van der Waals surface area contributed by atoms with Crippen molar-refractivity contribution in [1.82, 2.24) is 19.9 Å². The molecular weight excluding hydrogens is 250 g/mol. The number of rotatable bonds is 5. The predicted octanol–water partition coefficient (Wildman–Crippen LogP) is 1.45. The zero-order valence-electron chi connectivity index (χ0n) is 13.1. The maximum atomic E-state index is 5.93. The molecule has 1 aliphatic carbocycles. The average molecular weight is 279 g/mol. The largest absolute Gasteiger partial charge is 0.338 e. The summed E-state index contributed by atoms with van der Waals surface area (Å²) < 4.78 is 2.09. The fourth-order valence-electron chi connectivity index (χ4n) is 3.63. The van der Waals surface area contributed by atoms with E-state index < -0.39 is 0 Å². The van der Waals surface area contributed by atoms with Crippen molar-refractivity contribution in [2.75, 3.05) is 14.1 Å². The number of nitrogens with one attached hydrogen (secondary N) is 1. The maximum Gasteiger partial charge on any atom is 0.110 e. The van der Waals surface area contributed by atoms with E-state index in [4.69, 9.17) is 5.84 Å². The minimum absolute atomic E-state index is 0.136. The lowest BCUT2D eigenvalue weighted by Crippen LogP contribution is -2.61. The molecule has 0 aliphatic heterocycles. The van der Waals surface area contributed by atoms with E-state index in [1.54, 1.807) is 0 Å². The molecule has 1 atom stereocenters. The van der Waals surface area contributed by atoms with Crippen molar-refractivity contribution < 1.29 is 0 Å². The Hall–Kier alpha value is -0.910. The van der Waals surface area contributed by atoms with E-state index in [0.29, 0.717) is 0 Å². The van der Waals surface area contributed by atoms with E-state index in [2.05, 4.69) is 34.0 Å². The second kappa shape index (κ2) is 6.70. The van der Waals surface area contributed by atoms with Crippen molar-refractivity contribution in [2.45, 2.75) is 56.5 Å². The van der Waals surface area contributed by atoms with Crippen LogP contribution in [-0.4, -0.2) is 40.1 Å². The molecule has 5 nitrogen and oxygen atoms in total. The Morgan fingerprint density at radius 3 is 2.45 bits per heavy atom. The van der Waals surface area contributed by atoms with Gasteiger partial charge >= 0.3 is 0 Å². The van der Waals surface area contributed by atoms with E-state index in [1.807, 2.05) is 19.4 Å². The van der Waals surface area contributed by atoms with E-state index in [-0.39, 0.29) is 11.6 Å². The fourth-order valence-corrected chi connectivity index (χ4v) is 3.63. The fraction of sp³-hybridized carbons (Fsp3) is 0.800. The molecule has 0 amide bonds. The molecule has 1 unspecified atom stereocenters. The number of hydrazine groups is 1. The van der Waals surface area contributed by atoms with Crippen LogP contribution in [0.4, 0.5) is 0 Å². The van der Waals surface area contributed by atoms with Crippen LogP contribution in [0.5, 0.6) is 0 Å². The zero-order chi connectivity index (χ0) is 14.6. The Morgan fingerprint density at radius 2 is 2.00 bits per heavy atom. The number of nitrogens with zero attached hydrogens (tertiary/aromatic N) is 3. The summed E-state index contributed by atoms with van der Waals surface area (Å²) >= 11 is 0. The lowest BCUT2D eigenvalue weighted by Gasteiger charge is -2.45. The van der Waals surface area contributed by atoms with Gasteiger partial charge in [0, 0.05) is 37.4 Å². The minimum atomic E-state index is 0.136. The summed E-state index contributed by atoms with van der Waals surface area (Å²) in [6, 6.07) is 0.233. The van der Waals surface area contributed by atoms with Crippen molar-refractivity contribution in [3.05, 3.63) is 18.2 Å². The Labute approximate surface area is 122 Å². The van der Waals surface area contributed by atoms with Gasteiger partial charge in [-0.1, -0.05) is 25.7 Å². The smallest absolute Gasteiger partial charge is 0.110 e. The van der Waals surface area contributed by atoms with Crippen molar-refractivity contribution in [3.8, 4) is 0 Å². The van der Waals surface area contributed by atoms with Crippen LogP contribution in [0.15, 0.2) is 12.4 Å². The third-order valence-corrected chi connectivity index (χ3v) is 5.02. The van der Waals surface area contributed by atoms with Crippen molar-refractivity contribution in [3.63, 3.8) is 0 Å². The third-order valence-electron chi connectivity index (χ3n) is 5.02. The SMILES string of the molecule is CN(C)C1(C(Cc2nccn2C)NN)CCCCCC1. The van der Waals surface area contributed by atoms with Crippen molar-refractivity contribution in [1.29, 1.82) is 0 Å². The molecule has 0 radical (unpaired) electrons. The molecule has 1 aliphatic rings. The van der Waals surface area contributed by atoms with Crippen LogP contribution >= 0.6 is 0 Å². The van der Waals surface area contributed by atoms with Crippen LogP contribution in [0.1, 0.15) is 44.3 Å².